The van der Waals surface area contributed by atoms with Crippen LogP contribution in [0.4, 0.5) is 5.69 Å². The van der Waals surface area contributed by atoms with E-state index >= 15 is 0 Å². The summed E-state index contributed by atoms with van der Waals surface area (Å²) < 4.78 is 6.62. The van der Waals surface area contributed by atoms with Crippen molar-refractivity contribution in [1.82, 2.24) is 0 Å². The first-order valence-electron chi connectivity index (χ1n) is 7.02. The van der Waals surface area contributed by atoms with Gasteiger partial charge in [0.05, 0.1) is 7.11 Å². The van der Waals surface area contributed by atoms with Crippen molar-refractivity contribution >= 4 is 39.9 Å². The molecule has 0 amide bonds. The normalized spacial score (nSPS) is 20.7. The third kappa shape index (κ3) is 3.29. The molecular weight excluding hydrogens is 397 g/mol. The quantitative estimate of drug-likeness (QED) is 0.686. The van der Waals surface area contributed by atoms with E-state index in [4.69, 9.17) is 16.3 Å². The van der Waals surface area contributed by atoms with E-state index in [-0.39, 0.29) is 0 Å². The van der Waals surface area contributed by atoms with Crippen molar-refractivity contribution < 1.29 is 4.74 Å². The van der Waals surface area contributed by atoms with Crippen molar-refractivity contribution in [1.29, 1.82) is 0 Å². The van der Waals surface area contributed by atoms with Crippen LogP contribution in [-0.4, -0.2) is 13.2 Å². The van der Waals surface area contributed by atoms with E-state index in [2.05, 4.69) is 46.1 Å². The number of nitrogens with one attached hydrogen (secondary N) is 1. The molecule has 0 spiro atoms. The molecule has 0 radical (unpaired) electrons. The molecule has 0 saturated heterocycles. The van der Waals surface area contributed by atoms with Gasteiger partial charge in [0.2, 0.25) is 0 Å². The fourth-order valence-corrected chi connectivity index (χ4v) is 3.85. The predicted octanol–water partition coefficient (Wildman–Crippen LogP) is 5.31. The first-order chi connectivity index (χ1) is 10.2. The van der Waals surface area contributed by atoms with Crippen molar-refractivity contribution in [3.63, 3.8) is 0 Å². The van der Waals surface area contributed by atoms with E-state index in [1.54, 1.807) is 7.11 Å². The summed E-state index contributed by atoms with van der Waals surface area (Å²) in [7, 11) is 1.74. The van der Waals surface area contributed by atoms with Gasteiger partial charge in [0.15, 0.2) is 0 Å². The van der Waals surface area contributed by atoms with Gasteiger partial charge in [-0.15, -0.1) is 0 Å². The minimum atomic E-state index is 0.523. The number of rotatable bonds is 4. The lowest BCUT2D eigenvalue weighted by molar-refractivity contribution is 0.349. The molecule has 110 valence electrons. The largest absolute Gasteiger partial charge is 0.496 e. The second-order valence-electron chi connectivity index (χ2n) is 5.38. The molecule has 0 unspecified atom stereocenters. The minimum absolute atomic E-state index is 0.523. The van der Waals surface area contributed by atoms with Crippen LogP contribution < -0.4 is 10.1 Å². The van der Waals surface area contributed by atoms with Gasteiger partial charge in [-0.25, -0.2) is 0 Å². The summed E-state index contributed by atoms with van der Waals surface area (Å²) >= 11 is 8.31. The second-order valence-corrected chi connectivity index (χ2v) is 6.97. The van der Waals surface area contributed by atoms with Crippen LogP contribution in [0, 0.1) is 3.57 Å². The molecule has 1 fully saturated rings. The zero-order valence-corrected chi connectivity index (χ0v) is 14.7. The zero-order chi connectivity index (χ0) is 14.8. The third-order valence-corrected chi connectivity index (χ3v) is 5.14. The molecule has 1 saturated carbocycles. The Morgan fingerprint density at radius 3 is 2.67 bits per heavy atom. The Morgan fingerprint density at radius 1 is 1.19 bits per heavy atom. The summed E-state index contributed by atoms with van der Waals surface area (Å²) in [5, 5.41) is 4.39. The average Bonchev–Trinajstić information content (AvgIpc) is 2.44. The number of anilines is 1. The minimum Gasteiger partial charge on any atom is -0.496 e. The number of halogens is 2. The molecule has 2 nitrogen and oxygen atoms in total. The Bertz CT molecular complexity index is 640. The standard InChI is InChI=1S/C17H17ClINO/c1-21-17-5-3-2-4-14(17)11-8-13(9-11)20-16-7-6-12(18)10-15(16)19/h2-7,10-11,13,20H,8-9H2,1H3. The van der Waals surface area contributed by atoms with Crippen molar-refractivity contribution in [2.75, 3.05) is 12.4 Å². The highest BCUT2D eigenvalue weighted by atomic mass is 127. The summed E-state index contributed by atoms with van der Waals surface area (Å²) in [6.07, 6.45) is 2.28. The molecular formula is C17H17ClINO. The van der Waals surface area contributed by atoms with E-state index in [0.717, 1.165) is 23.6 Å². The predicted molar refractivity (Wildman–Crippen MR) is 96.5 cm³/mol. The number of hydrogen-bond acceptors (Lipinski definition) is 2. The van der Waals surface area contributed by atoms with Gasteiger partial charge in [0.25, 0.3) is 0 Å². The van der Waals surface area contributed by atoms with Crippen LogP contribution in [0.25, 0.3) is 0 Å². The van der Waals surface area contributed by atoms with Crippen molar-refractivity contribution in [3.8, 4) is 5.75 Å². The Hall–Kier alpha value is -0.940. The number of para-hydroxylation sites is 1. The molecule has 0 bridgehead atoms. The van der Waals surface area contributed by atoms with Crippen LogP contribution in [0.15, 0.2) is 42.5 Å². The maximum absolute atomic E-state index is 5.99. The lowest BCUT2D eigenvalue weighted by Crippen LogP contribution is -2.34. The maximum atomic E-state index is 5.99. The van der Waals surface area contributed by atoms with E-state index in [1.807, 2.05) is 24.3 Å². The summed E-state index contributed by atoms with van der Waals surface area (Å²) in [5.74, 6) is 1.59. The summed E-state index contributed by atoms with van der Waals surface area (Å²) in [6, 6.07) is 14.8. The van der Waals surface area contributed by atoms with Crippen LogP contribution in [0.5, 0.6) is 5.75 Å². The van der Waals surface area contributed by atoms with Gasteiger partial charge in [0, 0.05) is 20.3 Å². The monoisotopic (exact) mass is 413 g/mol. The van der Waals surface area contributed by atoms with Crippen molar-refractivity contribution in [3.05, 3.63) is 56.6 Å². The molecule has 0 atom stereocenters. The van der Waals surface area contributed by atoms with E-state index < -0.39 is 0 Å². The van der Waals surface area contributed by atoms with Crippen LogP contribution >= 0.6 is 34.2 Å². The topological polar surface area (TPSA) is 21.3 Å². The summed E-state index contributed by atoms with van der Waals surface area (Å²) in [4.78, 5) is 0. The highest BCUT2D eigenvalue weighted by Gasteiger charge is 2.32. The van der Waals surface area contributed by atoms with Crippen LogP contribution in [0.2, 0.25) is 5.02 Å². The van der Waals surface area contributed by atoms with Crippen LogP contribution in [0.3, 0.4) is 0 Å². The average molecular weight is 414 g/mol. The molecule has 2 aromatic rings. The zero-order valence-electron chi connectivity index (χ0n) is 11.8. The van der Waals surface area contributed by atoms with Gasteiger partial charge in [-0.2, -0.15) is 0 Å². The Morgan fingerprint density at radius 2 is 1.95 bits per heavy atom. The van der Waals surface area contributed by atoms with E-state index in [9.17, 15) is 0 Å². The van der Waals surface area contributed by atoms with Gasteiger partial charge in [-0.05, 0) is 71.2 Å². The van der Waals surface area contributed by atoms with Crippen LogP contribution in [-0.2, 0) is 0 Å². The first-order valence-corrected chi connectivity index (χ1v) is 8.47. The van der Waals surface area contributed by atoms with Gasteiger partial charge >= 0.3 is 0 Å². The molecule has 0 aromatic heterocycles. The molecule has 1 N–H and O–H groups in total. The molecule has 0 heterocycles. The van der Waals surface area contributed by atoms with Crippen molar-refractivity contribution in [2.45, 2.75) is 24.8 Å². The number of hydrogen-bond donors (Lipinski definition) is 1. The van der Waals surface area contributed by atoms with E-state index in [1.165, 1.54) is 14.8 Å². The van der Waals surface area contributed by atoms with Gasteiger partial charge in [-0.3, -0.25) is 0 Å². The molecule has 1 aliphatic carbocycles. The Labute approximate surface area is 144 Å². The summed E-state index contributed by atoms with van der Waals surface area (Å²) in [5.41, 5.74) is 2.49. The number of ether oxygens (including phenoxy) is 1. The van der Waals surface area contributed by atoms with Gasteiger partial charge < -0.3 is 10.1 Å². The number of methoxy groups -OCH3 is 1. The SMILES string of the molecule is COc1ccccc1C1CC(Nc2ccc(Cl)cc2I)C1. The highest BCUT2D eigenvalue weighted by Crippen LogP contribution is 2.42. The molecule has 2 aromatic carbocycles. The van der Waals surface area contributed by atoms with Gasteiger partial charge in [0.1, 0.15) is 5.75 Å². The van der Waals surface area contributed by atoms with Gasteiger partial charge in [-0.1, -0.05) is 29.8 Å². The van der Waals surface area contributed by atoms with Crippen molar-refractivity contribution in [2.24, 2.45) is 0 Å². The fourth-order valence-electron chi connectivity index (χ4n) is 2.82. The maximum Gasteiger partial charge on any atom is 0.122 e. The highest BCUT2D eigenvalue weighted by molar-refractivity contribution is 14.1. The third-order valence-electron chi connectivity index (χ3n) is 4.01. The van der Waals surface area contributed by atoms with E-state index in [0.29, 0.717) is 12.0 Å². The fraction of sp³-hybridized carbons (Fsp3) is 0.294. The molecule has 21 heavy (non-hydrogen) atoms. The molecule has 3 rings (SSSR count). The Balaban J connectivity index is 1.63. The number of benzene rings is 2. The lowest BCUT2D eigenvalue weighted by atomic mass is 9.75. The second kappa shape index (κ2) is 6.44. The lowest BCUT2D eigenvalue weighted by Gasteiger charge is -2.37. The molecule has 4 heteroatoms. The summed E-state index contributed by atoms with van der Waals surface area (Å²) in [6.45, 7) is 0. The first kappa shape index (κ1) is 15.0. The Kier molecular flexibility index (Phi) is 4.60. The molecule has 0 aliphatic heterocycles. The van der Waals surface area contributed by atoms with Crippen LogP contribution in [0.1, 0.15) is 24.3 Å². The smallest absolute Gasteiger partial charge is 0.122 e. The molecule has 1 aliphatic rings.